The average molecular weight is 298 g/mol. The van der Waals surface area contributed by atoms with Gasteiger partial charge in [-0.25, -0.2) is 8.42 Å². The van der Waals surface area contributed by atoms with Crippen molar-refractivity contribution in [1.82, 2.24) is 4.31 Å². The lowest BCUT2D eigenvalue weighted by Crippen LogP contribution is -2.35. The van der Waals surface area contributed by atoms with Crippen molar-refractivity contribution in [2.75, 3.05) is 19.4 Å². The molecule has 2 N–H and O–H groups in total. The third-order valence-electron chi connectivity index (χ3n) is 3.86. The highest BCUT2D eigenvalue weighted by Gasteiger charge is 2.30. The van der Waals surface area contributed by atoms with E-state index in [4.69, 9.17) is 10.5 Å². The Kier molecular flexibility index (Phi) is 4.25. The Morgan fingerprint density at radius 3 is 2.80 bits per heavy atom. The Labute approximate surface area is 120 Å². The number of nitrogens with two attached hydrogens (primary N) is 1. The molecule has 0 radical (unpaired) electrons. The molecule has 6 heteroatoms. The van der Waals surface area contributed by atoms with Gasteiger partial charge in [-0.3, -0.25) is 0 Å². The third kappa shape index (κ3) is 2.62. The largest absolute Gasteiger partial charge is 0.492 e. The van der Waals surface area contributed by atoms with Crippen molar-refractivity contribution in [2.45, 2.75) is 44.0 Å². The van der Waals surface area contributed by atoms with Crippen LogP contribution < -0.4 is 10.5 Å². The fourth-order valence-electron chi connectivity index (χ4n) is 2.31. The Bertz CT molecular complexity index is 599. The van der Waals surface area contributed by atoms with Gasteiger partial charge in [0.05, 0.1) is 6.61 Å². The molecule has 0 saturated heterocycles. The number of anilines is 1. The van der Waals surface area contributed by atoms with E-state index in [2.05, 4.69) is 0 Å². The molecule has 0 bridgehead atoms. The van der Waals surface area contributed by atoms with Crippen LogP contribution in [0.5, 0.6) is 5.75 Å². The lowest BCUT2D eigenvalue weighted by Gasteiger charge is -2.27. The molecule has 0 fully saturated rings. The van der Waals surface area contributed by atoms with Crippen LogP contribution in [-0.4, -0.2) is 32.4 Å². The van der Waals surface area contributed by atoms with Gasteiger partial charge in [0.1, 0.15) is 10.6 Å². The van der Waals surface area contributed by atoms with Gasteiger partial charge in [-0.2, -0.15) is 4.31 Å². The van der Waals surface area contributed by atoms with Crippen molar-refractivity contribution in [1.29, 1.82) is 0 Å². The van der Waals surface area contributed by atoms with Gasteiger partial charge < -0.3 is 10.5 Å². The van der Waals surface area contributed by atoms with Crippen molar-refractivity contribution in [3.63, 3.8) is 0 Å². The molecule has 0 spiro atoms. The second-order valence-corrected chi connectivity index (χ2v) is 7.20. The van der Waals surface area contributed by atoms with E-state index < -0.39 is 10.0 Å². The molecular weight excluding hydrogens is 276 g/mol. The quantitative estimate of drug-likeness (QED) is 0.863. The molecule has 1 heterocycles. The first-order valence-corrected chi connectivity index (χ1v) is 8.35. The molecule has 1 atom stereocenters. The molecule has 0 aromatic heterocycles. The number of nitrogens with zero attached hydrogens (tertiary/aromatic N) is 1. The monoisotopic (exact) mass is 298 g/mol. The van der Waals surface area contributed by atoms with E-state index in [-0.39, 0.29) is 10.9 Å². The highest BCUT2D eigenvalue weighted by molar-refractivity contribution is 7.89. The molecule has 1 unspecified atom stereocenters. The van der Waals surface area contributed by atoms with Gasteiger partial charge in [0.2, 0.25) is 10.0 Å². The minimum atomic E-state index is -3.59. The number of nitrogen functional groups attached to an aromatic ring is 1. The molecule has 5 nitrogen and oxygen atoms in total. The molecule has 1 aromatic carbocycles. The lowest BCUT2D eigenvalue weighted by atomic mass is 10.1. The predicted octanol–water partition coefficient (Wildman–Crippen LogP) is 2.01. The summed E-state index contributed by atoms with van der Waals surface area (Å²) in [6.07, 6.45) is 2.44. The maximum atomic E-state index is 12.7. The molecule has 2 rings (SSSR count). The topological polar surface area (TPSA) is 72.6 Å². The molecule has 1 aromatic rings. The molecular formula is C14H22N2O3S. The fraction of sp³-hybridized carbons (Fsp3) is 0.571. The zero-order chi connectivity index (χ0) is 14.9. The number of hydrogen-bond donors (Lipinski definition) is 1. The van der Waals surface area contributed by atoms with Gasteiger partial charge in [0.15, 0.2) is 0 Å². The van der Waals surface area contributed by atoms with Crippen LogP contribution in [0.3, 0.4) is 0 Å². The number of rotatable bonds is 4. The van der Waals surface area contributed by atoms with Crippen LogP contribution in [0.25, 0.3) is 0 Å². The van der Waals surface area contributed by atoms with Crippen LogP contribution in [0.4, 0.5) is 5.69 Å². The molecule has 0 amide bonds. The maximum Gasteiger partial charge on any atom is 0.246 e. The zero-order valence-electron chi connectivity index (χ0n) is 12.2. The van der Waals surface area contributed by atoms with Crippen LogP contribution in [0.15, 0.2) is 17.0 Å². The number of fused-ring (bicyclic) bond motifs is 1. The molecule has 0 aliphatic carbocycles. The van der Waals surface area contributed by atoms with Crippen molar-refractivity contribution in [2.24, 2.45) is 0 Å². The smallest absolute Gasteiger partial charge is 0.246 e. The summed E-state index contributed by atoms with van der Waals surface area (Å²) in [6, 6.07) is 3.23. The van der Waals surface area contributed by atoms with Crippen LogP contribution in [0, 0.1) is 0 Å². The lowest BCUT2D eigenvalue weighted by molar-refractivity contribution is 0.278. The van der Waals surface area contributed by atoms with Crippen molar-refractivity contribution in [3.05, 3.63) is 17.7 Å². The summed E-state index contributed by atoms with van der Waals surface area (Å²) < 4.78 is 32.5. The van der Waals surface area contributed by atoms with Crippen LogP contribution in [0.1, 0.15) is 32.3 Å². The molecule has 1 aliphatic heterocycles. The first-order chi connectivity index (χ1) is 9.37. The zero-order valence-corrected chi connectivity index (χ0v) is 13.0. The van der Waals surface area contributed by atoms with Crippen LogP contribution >= 0.6 is 0 Å². The van der Waals surface area contributed by atoms with E-state index in [1.165, 1.54) is 10.4 Å². The molecule has 1 aliphatic rings. The van der Waals surface area contributed by atoms with Gasteiger partial charge in [-0.05, 0) is 43.9 Å². The van der Waals surface area contributed by atoms with Gasteiger partial charge in [-0.15, -0.1) is 0 Å². The van der Waals surface area contributed by atoms with E-state index in [1.807, 2.05) is 13.8 Å². The summed E-state index contributed by atoms with van der Waals surface area (Å²) in [4.78, 5) is 0.190. The molecule has 112 valence electrons. The first-order valence-electron chi connectivity index (χ1n) is 6.91. The Hall–Kier alpha value is -1.27. The highest BCUT2D eigenvalue weighted by Crippen LogP contribution is 2.36. The van der Waals surface area contributed by atoms with E-state index in [0.29, 0.717) is 18.0 Å². The normalized spacial score (nSPS) is 16.6. The van der Waals surface area contributed by atoms with E-state index >= 15 is 0 Å². The van der Waals surface area contributed by atoms with Crippen molar-refractivity contribution >= 4 is 15.7 Å². The summed E-state index contributed by atoms with van der Waals surface area (Å²) in [6.45, 7) is 4.39. The van der Waals surface area contributed by atoms with E-state index in [0.717, 1.165) is 24.8 Å². The van der Waals surface area contributed by atoms with E-state index in [9.17, 15) is 8.42 Å². The Morgan fingerprint density at radius 2 is 2.15 bits per heavy atom. The summed E-state index contributed by atoms with van der Waals surface area (Å²) in [5, 5.41) is 0. The average Bonchev–Trinajstić information content (AvgIpc) is 2.44. The minimum Gasteiger partial charge on any atom is -0.492 e. The van der Waals surface area contributed by atoms with Crippen molar-refractivity contribution in [3.8, 4) is 5.75 Å². The maximum absolute atomic E-state index is 12.7. The highest BCUT2D eigenvalue weighted by atomic mass is 32.2. The van der Waals surface area contributed by atoms with Crippen LogP contribution in [0.2, 0.25) is 0 Å². The Balaban J connectivity index is 2.54. The number of aryl methyl sites for hydroxylation is 1. The number of sulfonamides is 1. The van der Waals surface area contributed by atoms with E-state index in [1.54, 1.807) is 13.1 Å². The molecule has 20 heavy (non-hydrogen) atoms. The van der Waals surface area contributed by atoms with Gasteiger partial charge >= 0.3 is 0 Å². The van der Waals surface area contributed by atoms with Gasteiger partial charge in [0.25, 0.3) is 0 Å². The molecule has 0 saturated carbocycles. The summed E-state index contributed by atoms with van der Waals surface area (Å²) in [5.41, 5.74) is 7.19. The SMILES string of the molecule is CCC(C)N(C)S(=O)(=O)c1cc(N)cc2c1OCCC2. The van der Waals surface area contributed by atoms with Crippen molar-refractivity contribution < 1.29 is 13.2 Å². The second kappa shape index (κ2) is 5.61. The number of hydrogen-bond acceptors (Lipinski definition) is 4. The second-order valence-electron chi connectivity index (χ2n) is 5.24. The van der Waals surface area contributed by atoms with Gasteiger partial charge in [-0.1, -0.05) is 6.92 Å². The fourth-order valence-corrected chi connectivity index (χ4v) is 3.95. The third-order valence-corrected chi connectivity index (χ3v) is 5.84. The predicted molar refractivity (Wildman–Crippen MR) is 79.4 cm³/mol. The summed E-state index contributed by atoms with van der Waals surface area (Å²) in [5.74, 6) is 0.473. The standard InChI is InChI=1S/C14H22N2O3S/c1-4-10(2)16(3)20(17,18)13-9-12(15)8-11-6-5-7-19-14(11)13/h8-10H,4-7,15H2,1-3H3. The number of ether oxygens (including phenoxy) is 1. The number of benzene rings is 1. The summed E-state index contributed by atoms with van der Waals surface area (Å²) in [7, 11) is -1.99. The summed E-state index contributed by atoms with van der Waals surface area (Å²) >= 11 is 0. The van der Waals surface area contributed by atoms with Crippen LogP contribution in [-0.2, 0) is 16.4 Å². The minimum absolute atomic E-state index is 0.0688. The van der Waals surface area contributed by atoms with Gasteiger partial charge in [0, 0.05) is 18.8 Å². The first kappa shape index (κ1) is 15.1. The Morgan fingerprint density at radius 1 is 1.45 bits per heavy atom.